The van der Waals surface area contributed by atoms with E-state index in [4.69, 9.17) is 5.73 Å². The number of hydrogen-bond acceptors (Lipinski definition) is 5. The third-order valence-corrected chi connectivity index (χ3v) is 3.88. The van der Waals surface area contributed by atoms with Crippen LogP contribution in [0.2, 0.25) is 0 Å². The highest BCUT2D eigenvalue weighted by Crippen LogP contribution is 2.28. The molecule has 0 radical (unpaired) electrons. The van der Waals surface area contributed by atoms with Crippen molar-refractivity contribution in [1.29, 1.82) is 0 Å². The van der Waals surface area contributed by atoms with Gasteiger partial charge in [0.15, 0.2) is 5.13 Å². The van der Waals surface area contributed by atoms with E-state index >= 15 is 0 Å². The molecule has 1 atom stereocenters. The highest BCUT2D eigenvalue weighted by atomic mass is 32.1. The van der Waals surface area contributed by atoms with Crippen molar-refractivity contribution in [3.63, 3.8) is 0 Å². The summed E-state index contributed by atoms with van der Waals surface area (Å²) in [4.78, 5) is 9.58. The van der Waals surface area contributed by atoms with Gasteiger partial charge in [0.1, 0.15) is 5.82 Å². The maximum Gasteiger partial charge on any atom is 0.188 e. The molecule has 0 spiro atoms. The van der Waals surface area contributed by atoms with Gasteiger partial charge in [0, 0.05) is 17.3 Å². The Hall–Kier alpha value is -2.24. The van der Waals surface area contributed by atoms with Gasteiger partial charge in [-0.3, -0.25) is 0 Å². The zero-order valence-electron chi connectivity index (χ0n) is 10.7. The Bertz CT molecular complexity index is 667. The van der Waals surface area contributed by atoms with Crippen LogP contribution in [0.4, 0.5) is 10.9 Å². The van der Waals surface area contributed by atoms with Crippen molar-refractivity contribution < 1.29 is 0 Å². The minimum absolute atomic E-state index is 0.145. The number of nitrogens with zero attached hydrogens (tertiary/aromatic N) is 2. The Morgan fingerprint density at radius 2 is 1.80 bits per heavy atom. The minimum Gasteiger partial charge on any atom is -0.320 e. The van der Waals surface area contributed by atoms with Crippen LogP contribution < -0.4 is 11.1 Å². The van der Waals surface area contributed by atoms with Crippen LogP contribution in [0.1, 0.15) is 16.5 Å². The van der Waals surface area contributed by atoms with Crippen LogP contribution in [0.3, 0.4) is 0 Å². The van der Waals surface area contributed by atoms with Crippen LogP contribution in [-0.4, -0.2) is 9.97 Å². The topological polar surface area (TPSA) is 63.8 Å². The largest absolute Gasteiger partial charge is 0.320 e. The monoisotopic (exact) mass is 282 g/mol. The van der Waals surface area contributed by atoms with E-state index in [9.17, 15) is 0 Å². The summed E-state index contributed by atoms with van der Waals surface area (Å²) in [5, 5.41) is 3.97. The van der Waals surface area contributed by atoms with Crippen molar-refractivity contribution >= 4 is 22.3 Å². The molecule has 0 amide bonds. The van der Waals surface area contributed by atoms with Gasteiger partial charge in [-0.15, -0.1) is 0 Å². The third kappa shape index (κ3) is 2.84. The molecule has 0 unspecified atom stereocenters. The summed E-state index contributed by atoms with van der Waals surface area (Å²) in [5.74, 6) is 0.779. The molecule has 4 nitrogen and oxygen atoms in total. The number of nitrogens with one attached hydrogen (secondary N) is 1. The molecule has 0 aliphatic carbocycles. The lowest BCUT2D eigenvalue weighted by Crippen LogP contribution is -2.09. The second-order valence-corrected chi connectivity index (χ2v) is 5.36. The molecular weight excluding hydrogens is 268 g/mol. The van der Waals surface area contributed by atoms with Gasteiger partial charge in [-0.05, 0) is 17.7 Å². The van der Waals surface area contributed by atoms with Crippen molar-refractivity contribution in [3.8, 4) is 0 Å². The molecule has 0 aliphatic rings. The van der Waals surface area contributed by atoms with Gasteiger partial charge in [-0.25, -0.2) is 9.97 Å². The smallest absolute Gasteiger partial charge is 0.188 e. The Balaban J connectivity index is 1.77. The normalized spacial score (nSPS) is 12.1. The van der Waals surface area contributed by atoms with Crippen LogP contribution in [0.5, 0.6) is 0 Å². The van der Waals surface area contributed by atoms with Gasteiger partial charge in [-0.1, -0.05) is 47.7 Å². The second kappa shape index (κ2) is 5.81. The van der Waals surface area contributed by atoms with Gasteiger partial charge in [0.05, 0.1) is 6.04 Å². The molecule has 1 aromatic carbocycles. The molecule has 0 bridgehead atoms. The average Bonchev–Trinajstić information content (AvgIpc) is 2.97. The second-order valence-electron chi connectivity index (χ2n) is 4.30. The first-order chi connectivity index (χ1) is 9.83. The molecule has 5 heteroatoms. The predicted octanol–water partition coefficient (Wildman–Crippen LogP) is 3.33. The maximum absolute atomic E-state index is 6.25. The first-order valence-corrected chi connectivity index (χ1v) is 7.09. The van der Waals surface area contributed by atoms with E-state index in [1.807, 2.05) is 54.7 Å². The van der Waals surface area contributed by atoms with Crippen LogP contribution in [-0.2, 0) is 0 Å². The molecule has 20 heavy (non-hydrogen) atoms. The molecule has 3 N–H and O–H groups in total. The van der Waals surface area contributed by atoms with Gasteiger partial charge < -0.3 is 11.1 Å². The van der Waals surface area contributed by atoms with Crippen LogP contribution in [0.25, 0.3) is 0 Å². The molecule has 0 fully saturated rings. The Kier molecular flexibility index (Phi) is 3.71. The van der Waals surface area contributed by atoms with E-state index in [-0.39, 0.29) is 6.04 Å². The van der Waals surface area contributed by atoms with Crippen LogP contribution >= 0.6 is 11.3 Å². The van der Waals surface area contributed by atoms with E-state index in [0.717, 1.165) is 21.4 Å². The van der Waals surface area contributed by atoms with Crippen LogP contribution in [0, 0.1) is 0 Å². The lowest BCUT2D eigenvalue weighted by molar-refractivity contribution is 0.889. The summed E-state index contributed by atoms with van der Waals surface area (Å²) in [7, 11) is 0. The van der Waals surface area contributed by atoms with E-state index in [0.29, 0.717) is 0 Å². The lowest BCUT2D eigenvalue weighted by Gasteiger charge is -2.08. The predicted molar refractivity (Wildman–Crippen MR) is 82.1 cm³/mol. The number of aromatic nitrogens is 2. The summed E-state index contributed by atoms with van der Waals surface area (Å²) in [6.45, 7) is 0. The standard InChI is InChI=1S/C15H14N4S/c16-14(11-6-2-1-3-7-11)12-10-18-15(20-12)19-13-8-4-5-9-17-13/h1-10,14H,16H2,(H,17,18,19)/t14-/m0/s1. The average molecular weight is 282 g/mol. The Morgan fingerprint density at radius 3 is 2.55 bits per heavy atom. The molecule has 3 rings (SSSR count). The van der Waals surface area contributed by atoms with Gasteiger partial charge in [0.2, 0.25) is 0 Å². The number of rotatable bonds is 4. The molecule has 2 heterocycles. The first-order valence-electron chi connectivity index (χ1n) is 6.27. The van der Waals surface area contributed by atoms with Gasteiger partial charge >= 0.3 is 0 Å². The quantitative estimate of drug-likeness (QED) is 0.770. The van der Waals surface area contributed by atoms with Crippen molar-refractivity contribution in [1.82, 2.24) is 9.97 Å². The summed E-state index contributed by atoms with van der Waals surface area (Å²) < 4.78 is 0. The fourth-order valence-corrected chi connectivity index (χ4v) is 2.71. The van der Waals surface area contributed by atoms with Crippen molar-refractivity contribution in [2.75, 3.05) is 5.32 Å². The summed E-state index contributed by atoms with van der Waals surface area (Å²) >= 11 is 1.54. The van der Waals surface area contributed by atoms with Gasteiger partial charge in [0.25, 0.3) is 0 Å². The molecule has 2 aromatic heterocycles. The van der Waals surface area contributed by atoms with E-state index in [1.54, 1.807) is 17.5 Å². The third-order valence-electron chi connectivity index (χ3n) is 2.89. The highest BCUT2D eigenvalue weighted by molar-refractivity contribution is 7.15. The Labute approximate surface area is 121 Å². The molecule has 3 aromatic rings. The zero-order chi connectivity index (χ0) is 13.8. The van der Waals surface area contributed by atoms with E-state index in [2.05, 4.69) is 15.3 Å². The molecule has 0 saturated heterocycles. The van der Waals surface area contributed by atoms with Crippen LogP contribution in [0.15, 0.2) is 60.9 Å². The van der Waals surface area contributed by atoms with E-state index in [1.165, 1.54) is 0 Å². The molecule has 0 aliphatic heterocycles. The first kappa shape index (κ1) is 12.8. The number of anilines is 2. The molecule has 100 valence electrons. The van der Waals surface area contributed by atoms with Crippen molar-refractivity contribution in [3.05, 3.63) is 71.4 Å². The minimum atomic E-state index is -0.145. The van der Waals surface area contributed by atoms with E-state index < -0.39 is 0 Å². The maximum atomic E-state index is 6.25. The number of benzene rings is 1. The number of pyridine rings is 1. The number of nitrogens with two attached hydrogens (primary N) is 1. The summed E-state index contributed by atoms with van der Waals surface area (Å²) in [5.41, 5.74) is 7.33. The number of hydrogen-bond donors (Lipinski definition) is 2. The fraction of sp³-hybridized carbons (Fsp3) is 0.0667. The summed E-state index contributed by atoms with van der Waals surface area (Å²) in [6, 6.07) is 15.6. The van der Waals surface area contributed by atoms with Crippen molar-refractivity contribution in [2.45, 2.75) is 6.04 Å². The zero-order valence-corrected chi connectivity index (χ0v) is 11.5. The Morgan fingerprint density at radius 1 is 1.00 bits per heavy atom. The highest BCUT2D eigenvalue weighted by Gasteiger charge is 2.12. The fourth-order valence-electron chi connectivity index (χ4n) is 1.86. The number of thiazole rings is 1. The SMILES string of the molecule is N[C@@H](c1ccccc1)c1cnc(Nc2ccccn2)s1. The molecular formula is C15H14N4S. The van der Waals surface area contributed by atoms with Crippen molar-refractivity contribution in [2.24, 2.45) is 5.73 Å². The lowest BCUT2D eigenvalue weighted by atomic mass is 10.1. The molecule has 0 saturated carbocycles. The van der Waals surface area contributed by atoms with Gasteiger partial charge in [-0.2, -0.15) is 0 Å². The summed E-state index contributed by atoms with van der Waals surface area (Å²) in [6.07, 6.45) is 3.56.